The Balaban J connectivity index is 2.26. The summed E-state index contributed by atoms with van der Waals surface area (Å²) in [6.45, 7) is 1.99. The highest BCUT2D eigenvalue weighted by molar-refractivity contribution is 8.03. The highest BCUT2D eigenvalue weighted by Crippen LogP contribution is 2.26. The Morgan fingerprint density at radius 3 is 2.10 bits per heavy atom. The van der Waals surface area contributed by atoms with Gasteiger partial charge in [-0.3, -0.25) is 0 Å². The van der Waals surface area contributed by atoms with Crippen LogP contribution in [0.15, 0.2) is 41.3 Å². The van der Waals surface area contributed by atoms with E-state index in [4.69, 9.17) is 5.26 Å². The predicted octanol–water partition coefficient (Wildman–Crippen LogP) is 5.02. The van der Waals surface area contributed by atoms with E-state index >= 15 is 0 Å². The molecule has 0 aliphatic carbocycles. The van der Waals surface area contributed by atoms with Crippen molar-refractivity contribution in [3.8, 4) is 5.40 Å². The molecule has 0 aromatic heterocycles. The van der Waals surface area contributed by atoms with E-state index in [-0.39, 0.29) is 4.90 Å². The molecular weight excluding hydrogens is 276 g/mol. The third-order valence-electron chi connectivity index (χ3n) is 2.71. The molecule has 0 spiro atoms. The normalized spacial score (nSPS) is 10.7. The van der Waals surface area contributed by atoms with Gasteiger partial charge in [0.2, 0.25) is 0 Å². The molecule has 0 saturated carbocycles. The van der Waals surface area contributed by atoms with Crippen molar-refractivity contribution in [2.75, 3.05) is 0 Å². The van der Waals surface area contributed by atoms with Crippen LogP contribution in [0.1, 0.15) is 16.7 Å². The van der Waals surface area contributed by atoms with Gasteiger partial charge in [0.1, 0.15) is 17.0 Å². The van der Waals surface area contributed by atoms with Crippen LogP contribution >= 0.6 is 11.8 Å². The summed E-state index contributed by atoms with van der Waals surface area (Å²) in [5, 5.41) is 10.1. The second-order valence-electron chi connectivity index (χ2n) is 4.25. The van der Waals surface area contributed by atoms with Crippen LogP contribution in [0.5, 0.6) is 0 Å². The van der Waals surface area contributed by atoms with Gasteiger partial charge in [0, 0.05) is 0 Å². The summed E-state index contributed by atoms with van der Waals surface area (Å²) >= 11 is 0.485. The van der Waals surface area contributed by atoms with Crippen molar-refractivity contribution in [3.05, 3.63) is 64.7 Å². The molecule has 0 fully saturated rings. The largest absolute Gasteiger partial charge is 0.206 e. The zero-order valence-electron chi connectivity index (χ0n) is 10.7. The van der Waals surface area contributed by atoms with Crippen LogP contribution in [0.2, 0.25) is 0 Å². The van der Waals surface area contributed by atoms with Crippen LogP contribution in [0, 0.1) is 29.2 Å². The lowest BCUT2D eigenvalue weighted by Crippen LogP contribution is -1.88. The number of hydrogen-bond donors (Lipinski definition) is 0. The Kier molecular flexibility index (Phi) is 4.54. The molecular formula is C16H11F2NS. The molecule has 0 heterocycles. The van der Waals surface area contributed by atoms with E-state index in [9.17, 15) is 8.78 Å². The fraction of sp³-hybridized carbons (Fsp3) is 0.0625. The molecule has 0 unspecified atom stereocenters. The Morgan fingerprint density at radius 1 is 1.00 bits per heavy atom. The van der Waals surface area contributed by atoms with E-state index in [1.54, 1.807) is 17.6 Å². The number of nitriles is 1. The number of hydrogen-bond acceptors (Lipinski definition) is 2. The van der Waals surface area contributed by atoms with Gasteiger partial charge in [-0.15, -0.1) is 0 Å². The molecule has 100 valence electrons. The van der Waals surface area contributed by atoms with E-state index in [1.165, 1.54) is 12.1 Å². The molecule has 0 bridgehead atoms. The fourth-order valence-electron chi connectivity index (χ4n) is 1.69. The Labute approximate surface area is 120 Å². The van der Waals surface area contributed by atoms with Crippen molar-refractivity contribution < 1.29 is 8.78 Å². The Bertz CT molecular complexity index is 662. The number of aryl methyl sites for hydroxylation is 1. The zero-order chi connectivity index (χ0) is 14.5. The van der Waals surface area contributed by atoms with E-state index < -0.39 is 11.6 Å². The van der Waals surface area contributed by atoms with Crippen LogP contribution in [0.4, 0.5) is 8.78 Å². The lowest BCUT2D eigenvalue weighted by atomic mass is 10.1. The summed E-state index contributed by atoms with van der Waals surface area (Å²) in [6, 6.07) is 10.2. The summed E-state index contributed by atoms with van der Waals surface area (Å²) < 4.78 is 27.3. The second-order valence-corrected chi connectivity index (χ2v) is 5.05. The molecule has 0 aliphatic heterocycles. The minimum absolute atomic E-state index is 0.264. The van der Waals surface area contributed by atoms with Crippen molar-refractivity contribution in [2.45, 2.75) is 11.8 Å². The molecule has 0 saturated heterocycles. The third-order valence-corrected chi connectivity index (χ3v) is 3.40. The highest BCUT2D eigenvalue weighted by Gasteiger charge is 2.10. The maximum Gasteiger partial charge on any atom is 0.141 e. The Hall–Kier alpha value is -2.12. The topological polar surface area (TPSA) is 23.8 Å². The summed E-state index contributed by atoms with van der Waals surface area (Å²) in [7, 11) is 0. The van der Waals surface area contributed by atoms with Crippen molar-refractivity contribution in [1.82, 2.24) is 0 Å². The van der Waals surface area contributed by atoms with E-state index in [2.05, 4.69) is 0 Å². The number of halogens is 2. The SMILES string of the molecule is Cc1ccc(C=Cc2cc(F)c(SC#N)c(F)c2)cc1. The van der Waals surface area contributed by atoms with Gasteiger partial charge < -0.3 is 0 Å². The average molecular weight is 287 g/mol. The van der Waals surface area contributed by atoms with Crippen molar-refractivity contribution in [2.24, 2.45) is 0 Å². The number of thioether (sulfide) groups is 1. The number of nitrogens with zero attached hydrogens (tertiary/aromatic N) is 1. The van der Waals surface area contributed by atoms with Gasteiger partial charge in [0.25, 0.3) is 0 Å². The second kappa shape index (κ2) is 6.36. The first kappa shape index (κ1) is 14.3. The highest BCUT2D eigenvalue weighted by atomic mass is 32.2. The minimum atomic E-state index is -0.722. The molecule has 2 aromatic carbocycles. The molecule has 2 aromatic rings. The molecule has 0 N–H and O–H groups in total. The maximum absolute atomic E-state index is 13.6. The summed E-state index contributed by atoms with van der Waals surface area (Å²) in [6.07, 6.45) is 3.42. The summed E-state index contributed by atoms with van der Waals surface area (Å²) in [4.78, 5) is -0.264. The summed E-state index contributed by atoms with van der Waals surface area (Å²) in [5.41, 5.74) is 2.52. The first-order valence-electron chi connectivity index (χ1n) is 5.90. The fourth-order valence-corrected chi connectivity index (χ4v) is 2.09. The number of thiocyanates is 1. The average Bonchev–Trinajstić information content (AvgIpc) is 2.42. The lowest BCUT2D eigenvalue weighted by Gasteiger charge is -2.02. The van der Waals surface area contributed by atoms with Gasteiger partial charge in [-0.05, 0) is 41.9 Å². The quantitative estimate of drug-likeness (QED) is 0.450. The maximum atomic E-state index is 13.6. The van der Waals surface area contributed by atoms with Gasteiger partial charge in [-0.25, -0.2) is 8.78 Å². The van der Waals surface area contributed by atoms with Gasteiger partial charge in [-0.1, -0.05) is 42.0 Å². The summed E-state index contributed by atoms with van der Waals surface area (Å²) in [5.74, 6) is -1.44. The molecule has 0 atom stereocenters. The molecule has 0 radical (unpaired) electrons. The Morgan fingerprint density at radius 2 is 1.55 bits per heavy atom. The first-order chi connectivity index (χ1) is 9.60. The molecule has 0 amide bonds. The van der Waals surface area contributed by atoms with Crippen LogP contribution in [0.25, 0.3) is 12.2 Å². The van der Waals surface area contributed by atoms with Crippen molar-refractivity contribution in [1.29, 1.82) is 5.26 Å². The van der Waals surface area contributed by atoms with Crippen LogP contribution < -0.4 is 0 Å². The minimum Gasteiger partial charge on any atom is -0.206 e. The monoisotopic (exact) mass is 287 g/mol. The smallest absolute Gasteiger partial charge is 0.141 e. The third kappa shape index (κ3) is 3.46. The lowest BCUT2D eigenvalue weighted by molar-refractivity contribution is 0.540. The molecule has 2 rings (SSSR count). The number of benzene rings is 2. The number of rotatable bonds is 3. The van der Waals surface area contributed by atoms with E-state index in [0.717, 1.165) is 11.1 Å². The van der Waals surface area contributed by atoms with Gasteiger partial charge in [-0.2, -0.15) is 5.26 Å². The van der Waals surface area contributed by atoms with Crippen LogP contribution in [-0.4, -0.2) is 0 Å². The van der Waals surface area contributed by atoms with Crippen LogP contribution in [0.3, 0.4) is 0 Å². The first-order valence-corrected chi connectivity index (χ1v) is 6.71. The van der Waals surface area contributed by atoms with Gasteiger partial charge >= 0.3 is 0 Å². The predicted molar refractivity (Wildman–Crippen MR) is 77.9 cm³/mol. The molecule has 1 nitrogen and oxygen atoms in total. The van der Waals surface area contributed by atoms with E-state index in [1.807, 2.05) is 31.2 Å². The molecule has 20 heavy (non-hydrogen) atoms. The van der Waals surface area contributed by atoms with Gasteiger partial charge in [0.15, 0.2) is 0 Å². The van der Waals surface area contributed by atoms with Crippen molar-refractivity contribution in [3.63, 3.8) is 0 Å². The van der Waals surface area contributed by atoms with Crippen molar-refractivity contribution >= 4 is 23.9 Å². The standard InChI is InChI=1S/C16H11F2NS/c1-11-2-4-12(5-3-11)6-7-13-8-14(17)16(20-10-19)15(18)9-13/h2-9H,1H3. The zero-order valence-corrected chi connectivity index (χ0v) is 11.5. The van der Waals surface area contributed by atoms with Crippen LogP contribution in [-0.2, 0) is 0 Å². The van der Waals surface area contributed by atoms with Gasteiger partial charge in [0.05, 0.1) is 4.90 Å². The molecule has 4 heteroatoms. The molecule has 0 aliphatic rings. The van der Waals surface area contributed by atoms with E-state index in [0.29, 0.717) is 17.3 Å².